The first kappa shape index (κ1) is 12.9. The first-order valence-electron chi connectivity index (χ1n) is 5.65. The van der Waals surface area contributed by atoms with E-state index >= 15 is 0 Å². The summed E-state index contributed by atoms with van der Waals surface area (Å²) in [6.07, 6.45) is 3.42. The molecule has 1 saturated heterocycles. The van der Waals surface area contributed by atoms with Crippen LogP contribution in [0.4, 0.5) is 0 Å². The van der Waals surface area contributed by atoms with Gasteiger partial charge in [-0.2, -0.15) is 0 Å². The van der Waals surface area contributed by atoms with Crippen LogP contribution in [0, 0.1) is 6.92 Å². The predicted molar refractivity (Wildman–Crippen MR) is 65.9 cm³/mol. The van der Waals surface area contributed by atoms with Gasteiger partial charge in [0, 0.05) is 19.3 Å². The Balaban J connectivity index is 2.12. The number of aromatic nitrogens is 2. The van der Waals surface area contributed by atoms with Crippen molar-refractivity contribution in [3.05, 3.63) is 23.8 Å². The van der Waals surface area contributed by atoms with E-state index in [0.717, 1.165) is 5.69 Å². The van der Waals surface area contributed by atoms with E-state index in [0.29, 0.717) is 6.42 Å². The normalized spacial score (nSPS) is 21.8. The van der Waals surface area contributed by atoms with Gasteiger partial charge in [-0.15, -0.1) is 0 Å². The monoisotopic (exact) mass is 269 g/mol. The van der Waals surface area contributed by atoms with E-state index in [-0.39, 0.29) is 29.1 Å². The number of aryl methyl sites for hydroxylation is 1. The molecule has 1 aliphatic heterocycles. The fraction of sp³-hybridized carbons (Fsp3) is 0.545. The molecule has 98 valence electrons. The van der Waals surface area contributed by atoms with Crippen molar-refractivity contribution in [1.82, 2.24) is 14.9 Å². The number of carbonyl (C=O) groups is 1. The molecule has 1 aliphatic rings. The van der Waals surface area contributed by atoms with E-state index < -0.39 is 9.84 Å². The SMILES string of the molecule is Cc1cnc(C(=O)N(C)[C@@H]2CCS(=O)(=O)C2)cn1. The van der Waals surface area contributed by atoms with E-state index in [4.69, 9.17) is 0 Å². The Labute approximate surface area is 106 Å². The molecule has 0 aliphatic carbocycles. The molecule has 0 spiro atoms. The van der Waals surface area contributed by atoms with Gasteiger partial charge in [-0.1, -0.05) is 0 Å². The summed E-state index contributed by atoms with van der Waals surface area (Å²) in [6, 6.07) is -0.259. The quantitative estimate of drug-likeness (QED) is 0.757. The second kappa shape index (κ2) is 4.64. The third kappa shape index (κ3) is 2.66. The highest BCUT2D eigenvalue weighted by atomic mass is 32.2. The summed E-state index contributed by atoms with van der Waals surface area (Å²) in [4.78, 5) is 21.5. The molecule has 6 nitrogen and oxygen atoms in total. The minimum absolute atomic E-state index is 0.0362. The van der Waals surface area contributed by atoms with Crippen LogP contribution in [0.1, 0.15) is 22.6 Å². The van der Waals surface area contributed by atoms with Crippen molar-refractivity contribution < 1.29 is 13.2 Å². The largest absolute Gasteiger partial charge is 0.336 e. The summed E-state index contributed by atoms with van der Waals surface area (Å²) in [5, 5.41) is 0. The minimum Gasteiger partial charge on any atom is -0.336 e. The van der Waals surface area contributed by atoms with Crippen molar-refractivity contribution in [2.24, 2.45) is 0 Å². The molecular weight excluding hydrogens is 254 g/mol. The van der Waals surface area contributed by atoms with Gasteiger partial charge in [0.25, 0.3) is 5.91 Å². The molecule has 0 N–H and O–H groups in total. The van der Waals surface area contributed by atoms with Crippen LogP contribution in [0.3, 0.4) is 0 Å². The van der Waals surface area contributed by atoms with Crippen molar-refractivity contribution in [3.63, 3.8) is 0 Å². The Morgan fingerprint density at radius 3 is 2.61 bits per heavy atom. The third-order valence-electron chi connectivity index (χ3n) is 3.08. The highest BCUT2D eigenvalue weighted by molar-refractivity contribution is 7.91. The van der Waals surface area contributed by atoms with Gasteiger partial charge < -0.3 is 4.90 Å². The van der Waals surface area contributed by atoms with E-state index in [1.54, 1.807) is 14.0 Å². The molecule has 0 radical (unpaired) electrons. The van der Waals surface area contributed by atoms with Crippen molar-refractivity contribution >= 4 is 15.7 Å². The summed E-state index contributed by atoms with van der Waals surface area (Å²) in [5.74, 6) is -0.103. The number of amides is 1. The van der Waals surface area contributed by atoms with Crippen LogP contribution in [0.15, 0.2) is 12.4 Å². The zero-order valence-corrected chi connectivity index (χ0v) is 11.1. The molecule has 0 unspecified atom stereocenters. The maximum atomic E-state index is 12.1. The number of sulfone groups is 1. The lowest BCUT2D eigenvalue weighted by Crippen LogP contribution is -2.38. The second-order valence-corrected chi connectivity index (χ2v) is 6.74. The maximum absolute atomic E-state index is 12.1. The summed E-state index contributed by atoms with van der Waals surface area (Å²) in [7, 11) is -1.39. The number of hydrogen-bond donors (Lipinski definition) is 0. The Hall–Kier alpha value is -1.50. The Morgan fingerprint density at radius 2 is 2.11 bits per heavy atom. The van der Waals surface area contributed by atoms with Gasteiger partial charge in [0.15, 0.2) is 9.84 Å². The van der Waals surface area contributed by atoms with Crippen LogP contribution in [0.2, 0.25) is 0 Å². The lowest BCUT2D eigenvalue weighted by atomic mass is 10.2. The van der Waals surface area contributed by atoms with Gasteiger partial charge in [-0.05, 0) is 13.3 Å². The molecule has 7 heteroatoms. The molecule has 1 atom stereocenters. The first-order valence-corrected chi connectivity index (χ1v) is 7.47. The van der Waals surface area contributed by atoms with Gasteiger partial charge in [-0.3, -0.25) is 9.78 Å². The van der Waals surface area contributed by atoms with Crippen LogP contribution >= 0.6 is 0 Å². The number of rotatable bonds is 2. The van der Waals surface area contributed by atoms with E-state index in [1.807, 2.05) is 0 Å². The van der Waals surface area contributed by atoms with Gasteiger partial charge in [0.2, 0.25) is 0 Å². The summed E-state index contributed by atoms with van der Waals surface area (Å²) in [6.45, 7) is 1.79. The van der Waals surface area contributed by atoms with Crippen molar-refractivity contribution in [1.29, 1.82) is 0 Å². The second-order valence-electron chi connectivity index (χ2n) is 4.52. The van der Waals surface area contributed by atoms with Crippen LogP contribution in [-0.4, -0.2) is 53.8 Å². The highest BCUT2D eigenvalue weighted by Gasteiger charge is 2.33. The Morgan fingerprint density at radius 1 is 1.39 bits per heavy atom. The molecule has 0 saturated carbocycles. The summed E-state index contributed by atoms with van der Waals surface area (Å²) in [5.41, 5.74) is 0.977. The molecule has 0 bridgehead atoms. The summed E-state index contributed by atoms with van der Waals surface area (Å²) >= 11 is 0. The van der Waals surface area contributed by atoms with Crippen molar-refractivity contribution in [3.8, 4) is 0 Å². The number of nitrogens with zero attached hydrogens (tertiary/aromatic N) is 3. The zero-order valence-electron chi connectivity index (χ0n) is 10.3. The molecule has 1 fully saturated rings. The topological polar surface area (TPSA) is 80.2 Å². The fourth-order valence-corrected chi connectivity index (χ4v) is 3.70. The Bertz CT molecular complexity index is 553. The minimum atomic E-state index is -2.99. The standard InChI is InChI=1S/C11H15N3O3S/c1-8-5-13-10(6-12-8)11(15)14(2)9-3-4-18(16,17)7-9/h5-6,9H,3-4,7H2,1-2H3/t9-/m1/s1. The van der Waals surface area contributed by atoms with Crippen LogP contribution in [0.5, 0.6) is 0 Å². The maximum Gasteiger partial charge on any atom is 0.274 e. The smallest absolute Gasteiger partial charge is 0.274 e. The van der Waals surface area contributed by atoms with Crippen molar-refractivity contribution in [2.45, 2.75) is 19.4 Å². The molecule has 18 heavy (non-hydrogen) atoms. The molecule has 1 aromatic heterocycles. The Kier molecular flexibility index (Phi) is 3.34. The first-order chi connectivity index (χ1) is 8.39. The van der Waals surface area contributed by atoms with Crippen LogP contribution in [0.25, 0.3) is 0 Å². The summed E-state index contributed by atoms with van der Waals surface area (Å²) < 4.78 is 22.8. The van der Waals surface area contributed by atoms with E-state index in [1.165, 1.54) is 17.3 Å². The van der Waals surface area contributed by atoms with Crippen LogP contribution in [-0.2, 0) is 9.84 Å². The predicted octanol–water partition coefficient (Wildman–Crippen LogP) is 0.0441. The average Bonchev–Trinajstić information content (AvgIpc) is 2.69. The van der Waals surface area contributed by atoms with Gasteiger partial charge in [0.1, 0.15) is 5.69 Å². The lowest BCUT2D eigenvalue weighted by Gasteiger charge is -2.22. The molecule has 2 rings (SSSR count). The molecule has 0 aromatic carbocycles. The third-order valence-corrected chi connectivity index (χ3v) is 4.83. The van der Waals surface area contributed by atoms with E-state index in [9.17, 15) is 13.2 Å². The van der Waals surface area contributed by atoms with Crippen molar-refractivity contribution in [2.75, 3.05) is 18.6 Å². The average molecular weight is 269 g/mol. The molecule has 1 aromatic rings. The highest BCUT2D eigenvalue weighted by Crippen LogP contribution is 2.17. The van der Waals surface area contributed by atoms with Gasteiger partial charge in [-0.25, -0.2) is 13.4 Å². The van der Waals surface area contributed by atoms with Gasteiger partial charge in [0.05, 0.1) is 23.4 Å². The molecular formula is C11H15N3O3S. The molecule has 2 heterocycles. The van der Waals surface area contributed by atoms with Crippen LogP contribution < -0.4 is 0 Å². The number of hydrogen-bond acceptors (Lipinski definition) is 5. The lowest BCUT2D eigenvalue weighted by molar-refractivity contribution is 0.0741. The van der Waals surface area contributed by atoms with Gasteiger partial charge >= 0.3 is 0 Å². The molecule has 1 amide bonds. The van der Waals surface area contributed by atoms with E-state index in [2.05, 4.69) is 9.97 Å². The number of carbonyl (C=O) groups excluding carboxylic acids is 1. The fourth-order valence-electron chi connectivity index (χ4n) is 1.93. The zero-order chi connectivity index (χ0) is 13.3.